The average molecular weight is 605 g/mol. The van der Waals surface area contributed by atoms with Gasteiger partial charge >= 0.3 is 0 Å². The molecule has 1 aliphatic heterocycles. The van der Waals surface area contributed by atoms with Crippen molar-refractivity contribution in [3.8, 4) is 17.2 Å². The van der Waals surface area contributed by atoms with Crippen LogP contribution >= 0.6 is 23.4 Å². The van der Waals surface area contributed by atoms with Gasteiger partial charge in [0.2, 0.25) is 12.7 Å². The fourth-order valence-electron chi connectivity index (χ4n) is 4.54. The van der Waals surface area contributed by atoms with E-state index in [4.69, 9.17) is 25.8 Å². The van der Waals surface area contributed by atoms with Gasteiger partial charge in [-0.15, -0.1) is 0 Å². The molecule has 1 N–H and O–H groups in total. The van der Waals surface area contributed by atoms with Gasteiger partial charge in [-0.05, 0) is 61.4 Å². The van der Waals surface area contributed by atoms with Crippen molar-refractivity contribution < 1.29 is 23.8 Å². The summed E-state index contributed by atoms with van der Waals surface area (Å²) in [5, 5.41) is 3.94. The molecule has 1 atom stereocenters. The monoisotopic (exact) mass is 604 g/mol. The first-order chi connectivity index (χ1) is 20.3. The van der Waals surface area contributed by atoms with Crippen molar-refractivity contribution in [2.75, 3.05) is 25.0 Å². The average Bonchev–Trinajstić information content (AvgIpc) is 3.44. The van der Waals surface area contributed by atoms with Crippen molar-refractivity contribution in [3.05, 3.63) is 100 Å². The molecular formula is C31H29ClN4O5S. The largest absolute Gasteiger partial charge is 0.497 e. The molecule has 0 spiro atoms. The van der Waals surface area contributed by atoms with E-state index in [-0.39, 0.29) is 25.0 Å². The maximum absolute atomic E-state index is 14.1. The van der Waals surface area contributed by atoms with E-state index in [0.717, 1.165) is 11.4 Å². The van der Waals surface area contributed by atoms with Crippen LogP contribution in [0.2, 0.25) is 5.02 Å². The number of aryl methyl sites for hydroxylation is 2. The van der Waals surface area contributed by atoms with Gasteiger partial charge < -0.3 is 24.4 Å². The van der Waals surface area contributed by atoms with Crippen molar-refractivity contribution in [1.82, 2.24) is 14.9 Å². The van der Waals surface area contributed by atoms with Crippen LogP contribution in [0.1, 0.15) is 28.6 Å². The summed E-state index contributed by atoms with van der Waals surface area (Å²) < 4.78 is 16.2. The summed E-state index contributed by atoms with van der Waals surface area (Å²) in [7, 11) is 1.57. The number of fused-ring (bicyclic) bond motifs is 1. The molecule has 2 amide bonds. The molecule has 42 heavy (non-hydrogen) atoms. The second kappa shape index (κ2) is 13.1. The van der Waals surface area contributed by atoms with Crippen LogP contribution in [0, 0.1) is 13.8 Å². The highest BCUT2D eigenvalue weighted by atomic mass is 35.5. The van der Waals surface area contributed by atoms with E-state index in [0.29, 0.717) is 44.2 Å². The van der Waals surface area contributed by atoms with Crippen LogP contribution < -0.4 is 19.5 Å². The van der Waals surface area contributed by atoms with Gasteiger partial charge in [-0.2, -0.15) is 0 Å². The minimum absolute atomic E-state index is 0.0112. The quantitative estimate of drug-likeness (QED) is 0.174. The van der Waals surface area contributed by atoms with E-state index < -0.39 is 11.9 Å². The van der Waals surface area contributed by atoms with Gasteiger partial charge in [-0.3, -0.25) is 9.59 Å². The van der Waals surface area contributed by atoms with Crippen molar-refractivity contribution in [2.45, 2.75) is 31.6 Å². The third-order valence-corrected chi connectivity index (χ3v) is 7.74. The van der Waals surface area contributed by atoms with Crippen LogP contribution in [-0.2, 0) is 16.1 Å². The molecule has 3 aromatic carbocycles. The summed E-state index contributed by atoms with van der Waals surface area (Å²) in [5.41, 5.74) is 3.43. The van der Waals surface area contributed by atoms with Gasteiger partial charge in [0, 0.05) is 34.7 Å². The van der Waals surface area contributed by atoms with E-state index >= 15 is 0 Å². The van der Waals surface area contributed by atoms with Gasteiger partial charge in [-0.25, -0.2) is 9.97 Å². The lowest BCUT2D eigenvalue weighted by Gasteiger charge is -2.32. The van der Waals surface area contributed by atoms with E-state index in [1.165, 1.54) is 16.7 Å². The van der Waals surface area contributed by atoms with Crippen molar-refractivity contribution >= 4 is 40.9 Å². The third-order valence-electron chi connectivity index (χ3n) is 6.54. The molecule has 0 aliphatic carbocycles. The summed E-state index contributed by atoms with van der Waals surface area (Å²) in [6.45, 7) is 3.97. The predicted octanol–water partition coefficient (Wildman–Crippen LogP) is 5.99. The van der Waals surface area contributed by atoms with Gasteiger partial charge in [0.15, 0.2) is 16.7 Å². The van der Waals surface area contributed by atoms with Gasteiger partial charge in [-0.1, -0.05) is 53.7 Å². The first-order valence-electron chi connectivity index (χ1n) is 13.1. The Balaban J connectivity index is 1.50. The Bertz CT molecular complexity index is 1580. The first kappa shape index (κ1) is 29.2. The van der Waals surface area contributed by atoms with Crippen LogP contribution in [0.15, 0.2) is 78.0 Å². The fraction of sp³-hybridized carbons (Fsp3) is 0.226. The first-order valence-corrected chi connectivity index (χ1v) is 14.5. The molecule has 0 saturated carbocycles. The van der Waals surface area contributed by atoms with E-state index in [9.17, 15) is 9.59 Å². The Hall–Kier alpha value is -4.28. The van der Waals surface area contributed by atoms with E-state index in [1.807, 2.05) is 38.1 Å². The molecule has 0 radical (unpaired) electrons. The van der Waals surface area contributed by atoms with Gasteiger partial charge in [0.1, 0.15) is 11.8 Å². The topological polar surface area (TPSA) is 103 Å². The zero-order chi connectivity index (χ0) is 29.6. The lowest BCUT2D eigenvalue weighted by atomic mass is 10.0. The molecular weight excluding hydrogens is 576 g/mol. The molecule has 9 nitrogen and oxygen atoms in total. The van der Waals surface area contributed by atoms with Crippen LogP contribution in [0.3, 0.4) is 0 Å². The molecule has 216 valence electrons. The second-order valence-electron chi connectivity index (χ2n) is 9.57. The molecule has 4 aromatic rings. The number of carbonyl (C=O) groups excluding carboxylic acids is 2. The van der Waals surface area contributed by atoms with Crippen molar-refractivity contribution in [1.29, 1.82) is 0 Å². The van der Waals surface area contributed by atoms with E-state index in [2.05, 4.69) is 15.3 Å². The number of carbonyl (C=O) groups is 2. The van der Waals surface area contributed by atoms with Crippen LogP contribution in [0.25, 0.3) is 0 Å². The predicted molar refractivity (Wildman–Crippen MR) is 161 cm³/mol. The van der Waals surface area contributed by atoms with Crippen molar-refractivity contribution in [2.24, 2.45) is 0 Å². The summed E-state index contributed by atoms with van der Waals surface area (Å²) in [4.78, 5) is 38.5. The van der Waals surface area contributed by atoms with Crippen LogP contribution in [0.4, 0.5) is 5.69 Å². The minimum atomic E-state index is -1.01. The number of anilines is 1. The zero-order valence-corrected chi connectivity index (χ0v) is 24.9. The highest BCUT2D eigenvalue weighted by Gasteiger charge is 2.33. The molecule has 5 rings (SSSR count). The fourth-order valence-corrected chi connectivity index (χ4v) is 5.58. The second-order valence-corrected chi connectivity index (χ2v) is 10.9. The standard InChI is InChI=1S/C31H29ClN4O5S/c1-19-14-20(2)34-31(33-19)42-17-28(37)36(16-22-6-4-5-7-25(22)32)29(21-8-11-24(39-3)12-9-21)30(38)35-23-10-13-26-27(15-23)41-18-40-26/h4-15,29H,16-18H2,1-3H3,(H,35,38)/t29-/m0/s1. The normalized spacial score (nSPS) is 12.5. The molecule has 1 aliphatic rings. The molecule has 0 unspecified atom stereocenters. The number of ether oxygens (including phenoxy) is 3. The number of hydrogen-bond donors (Lipinski definition) is 1. The Morgan fingerprint density at radius 2 is 1.71 bits per heavy atom. The Morgan fingerprint density at radius 3 is 2.43 bits per heavy atom. The lowest BCUT2D eigenvalue weighted by Crippen LogP contribution is -2.42. The number of nitrogens with zero attached hydrogens (tertiary/aromatic N) is 3. The number of hydrogen-bond acceptors (Lipinski definition) is 8. The highest BCUT2D eigenvalue weighted by molar-refractivity contribution is 7.99. The Kier molecular flexibility index (Phi) is 9.14. The van der Waals surface area contributed by atoms with Crippen LogP contribution in [0.5, 0.6) is 17.2 Å². The molecule has 1 aromatic heterocycles. The highest BCUT2D eigenvalue weighted by Crippen LogP contribution is 2.35. The number of methoxy groups -OCH3 is 1. The summed E-state index contributed by atoms with van der Waals surface area (Å²) in [6.07, 6.45) is 0. The summed E-state index contributed by atoms with van der Waals surface area (Å²) >= 11 is 7.75. The molecule has 0 bridgehead atoms. The van der Waals surface area contributed by atoms with E-state index in [1.54, 1.807) is 55.6 Å². The Labute approximate surface area is 253 Å². The maximum Gasteiger partial charge on any atom is 0.251 e. The summed E-state index contributed by atoms with van der Waals surface area (Å²) in [5.74, 6) is 1.07. The third kappa shape index (κ3) is 6.95. The number of rotatable bonds is 10. The van der Waals surface area contributed by atoms with Crippen molar-refractivity contribution in [3.63, 3.8) is 0 Å². The molecule has 0 fully saturated rings. The molecule has 11 heteroatoms. The van der Waals surface area contributed by atoms with Gasteiger partial charge in [0.05, 0.1) is 12.9 Å². The number of halogens is 1. The molecule has 0 saturated heterocycles. The number of nitrogens with one attached hydrogen (secondary N) is 1. The number of thioether (sulfide) groups is 1. The number of aromatic nitrogens is 2. The molecule has 2 heterocycles. The summed E-state index contributed by atoms with van der Waals surface area (Å²) in [6, 6.07) is 20.3. The van der Waals surface area contributed by atoms with Gasteiger partial charge in [0.25, 0.3) is 5.91 Å². The number of benzene rings is 3. The zero-order valence-electron chi connectivity index (χ0n) is 23.3. The lowest BCUT2D eigenvalue weighted by molar-refractivity contribution is -0.137. The smallest absolute Gasteiger partial charge is 0.251 e. The van der Waals surface area contributed by atoms with Crippen LogP contribution in [-0.4, -0.2) is 46.3 Å². The Morgan fingerprint density at radius 1 is 1.00 bits per heavy atom. The maximum atomic E-state index is 14.1. The SMILES string of the molecule is COc1ccc([C@@H](C(=O)Nc2ccc3c(c2)OCO3)N(Cc2ccccc2Cl)C(=O)CSc2nc(C)cc(C)n2)cc1. The number of amides is 2. The minimum Gasteiger partial charge on any atom is -0.497 e.